The van der Waals surface area contributed by atoms with Crippen molar-refractivity contribution in [3.8, 4) is 0 Å². The number of amides is 1. The maximum atomic E-state index is 11.4. The third-order valence-electron chi connectivity index (χ3n) is 3.14. The largest absolute Gasteiger partial charge is 0.450 e. The molecule has 0 aliphatic carbocycles. The Kier molecular flexibility index (Phi) is 4.76. The number of hydrogen-bond acceptors (Lipinski definition) is 4. The Hall–Kier alpha value is -1.59. The first kappa shape index (κ1) is 13.8. The summed E-state index contributed by atoms with van der Waals surface area (Å²) in [6.07, 6.45) is 0.0436. The lowest BCUT2D eigenvalue weighted by Crippen LogP contribution is -2.61. The van der Waals surface area contributed by atoms with Crippen LogP contribution in [0.2, 0.25) is 0 Å². The minimum Gasteiger partial charge on any atom is -0.450 e. The van der Waals surface area contributed by atoms with Gasteiger partial charge in [-0.1, -0.05) is 30.3 Å². The monoisotopic (exact) mass is 265 g/mol. The number of aryl methyl sites for hydroxylation is 1. The van der Waals surface area contributed by atoms with Crippen molar-refractivity contribution < 1.29 is 19.4 Å². The topological polar surface area (TPSA) is 67.8 Å². The van der Waals surface area contributed by atoms with Crippen molar-refractivity contribution in [3.63, 3.8) is 0 Å². The number of carbonyl (C=O) groups is 1. The van der Waals surface area contributed by atoms with E-state index in [1.807, 2.05) is 30.3 Å². The van der Waals surface area contributed by atoms with Crippen LogP contribution in [0, 0.1) is 0 Å². The van der Waals surface area contributed by atoms with E-state index in [2.05, 4.69) is 5.32 Å². The Labute approximate surface area is 112 Å². The second-order valence-corrected chi connectivity index (χ2v) is 4.63. The van der Waals surface area contributed by atoms with Gasteiger partial charge in [0.2, 0.25) is 0 Å². The molecule has 1 aliphatic rings. The summed E-state index contributed by atoms with van der Waals surface area (Å²) >= 11 is 0. The highest BCUT2D eigenvalue weighted by Gasteiger charge is 2.39. The molecule has 2 rings (SSSR count). The molecular weight excluding hydrogens is 246 g/mol. The molecule has 1 saturated heterocycles. The van der Waals surface area contributed by atoms with E-state index in [0.717, 1.165) is 12.8 Å². The van der Waals surface area contributed by atoms with E-state index < -0.39 is 12.4 Å². The van der Waals surface area contributed by atoms with Gasteiger partial charge in [-0.2, -0.15) is 0 Å². The van der Waals surface area contributed by atoms with Gasteiger partial charge in [-0.25, -0.2) is 4.79 Å². The molecule has 5 heteroatoms. The first-order chi connectivity index (χ1) is 9.16. The zero-order valence-electron chi connectivity index (χ0n) is 10.9. The van der Waals surface area contributed by atoms with E-state index in [4.69, 9.17) is 9.47 Å². The van der Waals surface area contributed by atoms with Gasteiger partial charge in [0.25, 0.3) is 0 Å². The van der Waals surface area contributed by atoms with E-state index in [9.17, 15) is 9.90 Å². The van der Waals surface area contributed by atoms with Crippen LogP contribution < -0.4 is 5.32 Å². The molecule has 1 amide bonds. The molecule has 3 atom stereocenters. The molecule has 104 valence electrons. The molecule has 2 N–H and O–H groups in total. The van der Waals surface area contributed by atoms with E-state index in [1.54, 1.807) is 6.92 Å². The van der Waals surface area contributed by atoms with Gasteiger partial charge in [-0.3, -0.25) is 0 Å². The number of rotatable bonds is 5. The highest BCUT2D eigenvalue weighted by molar-refractivity contribution is 5.67. The molecule has 1 aromatic carbocycles. The number of carbonyl (C=O) groups excluding carboxylic acids is 1. The van der Waals surface area contributed by atoms with Gasteiger partial charge in [0.15, 0.2) is 6.29 Å². The van der Waals surface area contributed by atoms with Crippen molar-refractivity contribution in [2.24, 2.45) is 0 Å². The average Bonchev–Trinajstić information content (AvgIpc) is 2.42. The van der Waals surface area contributed by atoms with Crippen molar-refractivity contribution in [1.82, 2.24) is 5.32 Å². The van der Waals surface area contributed by atoms with Crippen LogP contribution in [0.3, 0.4) is 0 Å². The van der Waals surface area contributed by atoms with Crippen LogP contribution in [0.25, 0.3) is 0 Å². The number of ether oxygens (including phenoxy) is 2. The van der Waals surface area contributed by atoms with Gasteiger partial charge in [-0.05, 0) is 25.3 Å². The van der Waals surface area contributed by atoms with Crippen LogP contribution >= 0.6 is 0 Å². The molecule has 19 heavy (non-hydrogen) atoms. The van der Waals surface area contributed by atoms with Gasteiger partial charge in [0.1, 0.15) is 6.04 Å². The molecule has 5 nitrogen and oxygen atoms in total. The Morgan fingerprint density at radius 2 is 2.16 bits per heavy atom. The SMILES string of the molecule is CC1OC(O)C1NC(=O)OCCCc1ccccc1. The number of hydrogen-bond donors (Lipinski definition) is 2. The summed E-state index contributed by atoms with van der Waals surface area (Å²) in [5.41, 5.74) is 1.22. The van der Waals surface area contributed by atoms with Gasteiger partial charge in [0.05, 0.1) is 12.7 Å². The molecule has 1 aliphatic heterocycles. The highest BCUT2D eigenvalue weighted by atomic mass is 16.6. The van der Waals surface area contributed by atoms with Crippen molar-refractivity contribution in [2.75, 3.05) is 6.61 Å². The molecule has 0 radical (unpaired) electrons. The first-order valence-corrected chi connectivity index (χ1v) is 6.47. The molecule has 0 spiro atoms. The van der Waals surface area contributed by atoms with Gasteiger partial charge in [-0.15, -0.1) is 0 Å². The van der Waals surface area contributed by atoms with E-state index in [-0.39, 0.29) is 12.1 Å². The van der Waals surface area contributed by atoms with Gasteiger partial charge >= 0.3 is 6.09 Å². The Morgan fingerprint density at radius 3 is 2.79 bits per heavy atom. The van der Waals surface area contributed by atoms with Crippen molar-refractivity contribution >= 4 is 6.09 Å². The molecular formula is C14H19NO4. The fourth-order valence-corrected chi connectivity index (χ4v) is 1.98. The minimum atomic E-state index is -0.924. The number of nitrogens with one attached hydrogen (secondary N) is 1. The van der Waals surface area contributed by atoms with Crippen molar-refractivity contribution in [2.45, 2.75) is 38.2 Å². The summed E-state index contributed by atoms with van der Waals surface area (Å²) in [6, 6.07) is 9.67. The standard InChI is InChI=1S/C14H19NO4/c1-10-12(13(16)19-10)15-14(17)18-9-5-8-11-6-3-2-4-7-11/h2-4,6-7,10,12-13,16H,5,8-9H2,1H3,(H,15,17). The smallest absolute Gasteiger partial charge is 0.407 e. The third kappa shape index (κ3) is 3.94. The predicted molar refractivity (Wildman–Crippen MR) is 69.6 cm³/mol. The summed E-state index contributed by atoms with van der Waals surface area (Å²) in [7, 11) is 0. The van der Waals surface area contributed by atoms with E-state index >= 15 is 0 Å². The minimum absolute atomic E-state index is 0.174. The second-order valence-electron chi connectivity index (χ2n) is 4.63. The summed E-state index contributed by atoms with van der Waals surface area (Å²) in [6.45, 7) is 2.14. The van der Waals surface area contributed by atoms with Crippen LogP contribution in [0.4, 0.5) is 4.79 Å². The molecule has 3 unspecified atom stereocenters. The summed E-state index contributed by atoms with van der Waals surface area (Å²) < 4.78 is 9.97. The predicted octanol–water partition coefficient (Wildman–Crippen LogP) is 1.45. The quantitative estimate of drug-likeness (QED) is 0.791. The lowest BCUT2D eigenvalue weighted by atomic mass is 10.1. The van der Waals surface area contributed by atoms with Gasteiger partial charge < -0.3 is 19.9 Å². The molecule has 1 aromatic rings. The van der Waals surface area contributed by atoms with E-state index in [0.29, 0.717) is 6.61 Å². The zero-order valence-corrected chi connectivity index (χ0v) is 10.9. The normalized spacial score (nSPS) is 25.5. The number of aliphatic hydroxyl groups excluding tert-OH is 1. The van der Waals surface area contributed by atoms with Crippen molar-refractivity contribution in [3.05, 3.63) is 35.9 Å². The maximum absolute atomic E-state index is 11.4. The molecule has 1 heterocycles. The Morgan fingerprint density at radius 1 is 1.42 bits per heavy atom. The van der Waals surface area contributed by atoms with Crippen LogP contribution in [0.1, 0.15) is 18.9 Å². The number of aliphatic hydroxyl groups is 1. The lowest BCUT2D eigenvalue weighted by Gasteiger charge is -2.39. The fourth-order valence-electron chi connectivity index (χ4n) is 1.98. The first-order valence-electron chi connectivity index (χ1n) is 6.47. The Balaban J connectivity index is 1.59. The Bertz CT molecular complexity index is 401. The highest BCUT2D eigenvalue weighted by Crippen LogP contribution is 2.18. The van der Waals surface area contributed by atoms with Gasteiger partial charge in [0, 0.05) is 0 Å². The summed E-state index contributed by atoms with van der Waals surface area (Å²) in [5, 5.41) is 11.8. The summed E-state index contributed by atoms with van der Waals surface area (Å²) in [4.78, 5) is 11.4. The molecule has 0 bridgehead atoms. The van der Waals surface area contributed by atoms with E-state index in [1.165, 1.54) is 5.56 Å². The molecule has 1 fully saturated rings. The molecule has 0 aromatic heterocycles. The summed E-state index contributed by atoms with van der Waals surface area (Å²) in [5.74, 6) is 0. The molecule has 0 saturated carbocycles. The van der Waals surface area contributed by atoms with Crippen LogP contribution in [0.5, 0.6) is 0 Å². The number of benzene rings is 1. The van der Waals surface area contributed by atoms with Crippen LogP contribution in [-0.4, -0.2) is 36.2 Å². The third-order valence-corrected chi connectivity index (χ3v) is 3.14. The average molecular weight is 265 g/mol. The maximum Gasteiger partial charge on any atom is 0.407 e. The zero-order chi connectivity index (χ0) is 13.7. The van der Waals surface area contributed by atoms with Crippen LogP contribution in [0.15, 0.2) is 30.3 Å². The fraction of sp³-hybridized carbons (Fsp3) is 0.500. The second kappa shape index (κ2) is 6.54. The van der Waals surface area contributed by atoms with Crippen LogP contribution in [-0.2, 0) is 15.9 Å². The number of alkyl carbamates (subject to hydrolysis) is 1. The van der Waals surface area contributed by atoms with Crippen molar-refractivity contribution in [1.29, 1.82) is 0 Å². The lowest BCUT2D eigenvalue weighted by molar-refractivity contribution is -0.247.